The molecule has 2 N–H and O–H groups in total. The number of benzene rings is 2. The molecular formula is C13H11BrO3. The maximum Gasteiger partial charge on any atom is 0.201 e. The molecule has 2 aromatic carbocycles. The van der Waals surface area contributed by atoms with Crippen molar-refractivity contribution in [3.63, 3.8) is 0 Å². The van der Waals surface area contributed by atoms with E-state index in [0.717, 1.165) is 5.56 Å². The van der Waals surface area contributed by atoms with Gasteiger partial charge in [-0.1, -0.05) is 34.1 Å². The molecule has 3 nitrogen and oxygen atoms in total. The normalized spacial score (nSPS) is 10.2. The largest absolute Gasteiger partial charge is 0.504 e. The van der Waals surface area contributed by atoms with Crippen LogP contribution in [0.2, 0.25) is 0 Å². The maximum absolute atomic E-state index is 9.69. The molecule has 88 valence electrons. The van der Waals surface area contributed by atoms with Crippen LogP contribution in [0.25, 0.3) is 0 Å². The summed E-state index contributed by atoms with van der Waals surface area (Å²) in [4.78, 5) is 0. The van der Waals surface area contributed by atoms with E-state index >= 15 is 0 Å². The Morgan fingerprint density at radius 1 is 1.06 bits per heavy atom. The van der Waals surface area contributed by atoms with Gasteiger partial charge in [0.2, 0.25) is 5.75 Å². The third-order valence-corrected chi connectivity index (χ3v) is 2.89. The van der Waals surface area contributed by atoms with Gasteiger partial charge in [-0.2, -0.15) is 0 Å². The highest BCUT2D eigenvalue weighted by Crippen LogP contribution is 2.39. The Labute approximate surface area is 107 Å². The third kappa shape index (κ3) is 2.71. The minimum Gasteiger partial charge on any atom is -0.504 e. The number of rotatable bonds is 3. The van der Waals surface area contributed by atoms with Gasteiger partial charge in [-0.25, -0.2) is 0 Å². The lowest BCUT2D eigenvalue weighted by atomic mass is 10.2. The molecule has 0 aliphatic rings. The molecule has 0 unspecified atom stereocenters. The zero-order valence-electron chi connectivity index (χ0n) is 8.93. The minimum atomic E-state index is -0.251. The van der Waals surface area contributed by atoms with Crippen molar-refractivity contribution in [2.75, 3.05) is 0 Å². The van der Waals surface area contributed by atoms with Gasteiger partial charge in [-0.3, -0.25) is 0 Å². The number of alkyl halides is 1. The fourth-order valence-electron chi connectivity index (χ4n) is 1.42. The van der Waals surface area contributed by atoms with Crippen molar-refractivity contribution in [1.82, 2.24) is 0 Å². The van der Waals surface area contributed by atoms with E-state index in [0.29, 0.717) is 11.1 Å². The second kappa shape index (κ2) is 5.10. The smallest absolute Gasteiger partial charge is 0.201 e. The van der Waals surface area contributed by atoms with Crippen LogP contribution in [0.15, 0.2) is 42.5 Å². The summed E-state index contributed by atoms with van der Waals surface area (Å²) in [5, 5.41) is 19.8. The van der Waals surface area contributed by atoms with Crippen LogP contribution >= 0.6 is 15.9 Å². The molecule has 0 heterocycles. The first-order valence-electron chi connectivity index (χ1n) is 5.04. The van der Waals surface area contributed by atoms with Crippen molar-refractivity contribution in [2.24, 2.45) is 0 Å². The van der Waals surface area contributed by atoms with Crippen LogP contribution in [0.4, 0.5) is 0 Å². The lowest BCUT2D eigenvalue weighted by Crippen LogP contribution is -1.87. The molecule has 2 aromatic rings. The fourth-order valence-corrected chi connectivity index (χ4v) is 1.74. The first-order valence-corrected chi connectivity index (χ1v) is 6.16. The summed E-state index contributed by atoms with van der Waals surface area (Å²) in [5.74, 6) is 0.408. The predicted octanol–water partition coefficient (Wildman–Crippen LogP) is 3.79. The van der Waals surface area contributed by atoms with Gasteiger partial charge in [0.25, 0.3) is 0 Å². The van der Waals surface area contributed by atoms with Gasteiger partial charge >= 0.3 is 0 Å². The number of para-hydroxylation sites is 1. The van der Waals surface area contributed by atoms with Crippen LogP contribution in [0.1, 0.15) is 5.56 Å². The van der Waals surface area contributed by atoms with Crippen molar-refractivity contribution in [2.45, 2.75) is 5.33 Å². The zero-order valence-corrected chi connectivity index (χ0v) is 10.5. The summed E-state index contributed by atoms with van der Waals surface area (Å²) in [6.45, 7) is 0. The Hall–Kier alpha value is -1.68. The first kappa shape index (κ1) is 11.8. The summed E-state index contributed by atoms with van der Waals surface area (Å²) in [7, 11) is 0. The molecule has 0 fully saturated rings. The summed E-state index contributed by atoms with van der Waals surface area (Å²) in [6, 6.07) is 12.3. The Bertz CT molecular complexity index is 512. The van der Waals surface area contributed by atoms with Crippen molar-refractivity contribution in [3.8, 4) is 23.0 Å². The number of hydrogen-bond acceptors (Lipinski definition) is 3. The maximum atomic E-state index is 9.69. The second-order valence-corrected chi connectivity index (χ2v) is 4.07. The highest BCUT2D eigenvalue weighted by molar-refractivity contribution is 9.08. The quantitative estimate of drug-likeness (QED) is 0.669. The lowest BCUT2D eigenvalue weighted by molar-refractivity contribution is 0.372. The zero-order chi connectivity index (χ0) is 12.3. The van der Waals surface area contributed by atoms with Crippen LogP contribution in [0.3, 0.4) is 0 Å². The number of halogens is 1. The molecule has 0 amide bonds. The van der Waals surface area contributed by atoms with Gasteiger partial charge in [-0.15, -0.1) is 0 Å². The van der Waals surface area contributed by atoms with Crippen molar-refractivity contribution >= 4 is 15.9 Å². The molecule has 0 spiro atoms. The Morgan fingerprint density at radius 3 is 2.41 bits per heavy atom. The molecule has 0 saturated carbocycles. The van der Waals surface area contributed by atoms with Gasteiger partial charge in [0, 0.05) is 5.33 Å². The van der Waals surface area contributed by atoms with Gasteiger partial charge in [0.15, 0.2) is 11.5 Å². The Kier molecular flexibility index (Phi) is 3.54. The topological polar surface area (TPSA) is 49.7 Å². The summed E-state index contributed by atoms with van der Waals surface area (Å²) in [5.41, 5.74) is 0.825. The van der Waals surface area contributed by atoms with Crippen LogP contribution in [-0.4, -0.2) is 10.2 Å². The van der Waals surface area contributed by atoms with E-state index in [1.54, 1.807) is 18.2 Å². The summed E-state index contributed by atoms with van der Waals surface area (Å²) in [6.07, 6.45) is 0. The van der Waals surface area contributed by atoms with E-state index in [1.807, 2.05) is 18.2 Å². The number of phenolic OH excluding ortho intramolecular Hbond substituents is 2. The van der Waals surface area contributed by atoms with Gasteiger partial charge in [0.05, 0.1) is 0 Å². The molecule has 0 aliphatic carbocycles. The number of hydrogen-bond donors (Lipinski definition) is 2. The molecule has 0 atom stereocenters. The van der Waals surface area contributed by atoms with Crippen LogP contribution in [0.5, 0.6) is 23.0 Å². The number of phenols is 2. The summed E-state index contributed by atoms with van der Waals surface area (Å²) >= 11 is 3.29. The van der Waals surface area contributed by atoms with E-state index in [2.05, 4.69) is 15.9 Å². The predicted molar refractivity (Wildman–Crippen MR) is 68.9 cm³/mol. The highest BCUT2D eigenvalue weighted by Gasteiger charge is 2.10. The first-order chi connectivity index (χ1) is 8.20. The Morgan fingerprint density at radius 2 is 1.76 bits per heavy atom. The highest BCUT2D eigenvalue weighted by atomic mass is 79.9. The molecule has 17 heavy (non-hydrogen) atoms. The third-order valence-electron chi connectivity index (χ3n) is 2.24. The van der Waals surface area contributed by atoms with Crippen molar-refractivity contribution in [1.29, 1.82) is 0 Å². The van der Waals surface area contributed by atoms with E-state index in [4.69, 9.17) is 4.74 Å². The fraction of sp³-hybridized carbons (Fsp3) is 0.0769. The lowest BCUT2D eigenvalue weighted by Gasteiger charge is -2.10. The van der Waals surface area contributed by atoms with E-state index in [-0.39, 0.29) is 17.2 Å². The van der Waals surface area contributed by atoms with Crippen LogP contribution < -0.4 is 4.74 Å². The Balaban J connectivity index is 2.35. The monoisotopic (exact) mass is 294 g/mol. The van der Waals surface area contributed by atoms with E-state index in [9.17, 15) is 10.2 Å². The van der Waals surface area contributed by atoms with Gasteiger partial charge in [-0.05, 0) is 29.8 Å². The summed E-state index contributed by atoms with van der Waals surface area (Å²) < 4.78 is 5.50. The molecule has 4 heteroatoms. The molecule has 0 saturated heterocycles. The van der Waals surface area contributed by atoms with E-state index in [1.165, 1.54) is 6.07 Å². The minimum absolute atomic E-state index is 0.187. The molecule has 0 bridgehead atoms. The van der Waals surface area contributed by atoms with Gasteiger partial charge < -0.3 is 14.9 Å². The average Bonchev–Trinajstić information content (AvgIpc) is 2.36. The van der Waals surface area contributed by atoms with Crippen molar-refractivity contribution < 1.29 is 14.9 Å². The van der Waals surface area contributed by atoms with E-state index < -0.39 is 0 Å². The SMILES string of the molecule is Oc1cc(CBr)cc(Oc2ccccc2)c1O. The molecule has 0 radical (unpaired) electrons. The average molecular weight is 295 g/mol. The van der Waals surface area contributed by atoms with Crippen LogP contribution in [-0.2, 0) is 5.33 Å². The molecule has 2 rings (SSSR count). The second-order valence-electron chi connectivity index (χ2n) is 3.51. The number of ether oxygens (including phenoxy) is 1. The molecular weight excluding hydrogens is 284 g/mol. The van der Waals surface area contributed by atoms with Gasteiger partial charge in [0.1, 0.15) is 5.75 Å². The van der Waals surface area contributed by atoms with Crippen molar-refractivity contribution in [3.05, 3.63) is 48.0 Å². The molecule has 0 aliphatic heterocycles. The standard InChI is InChI=1S/C13H11BrO3/c14-8-9-6-11(15)13(16)12(7-9)17-10-4-2-1-3-5-10/h1-7,15-16H,8H2. The number of aromatic hydroxyl groups is 2. The van der Waals surface area contributed by atoms with Crippen LogP contribution in [0, 0.1) is 0 Å². The molecule has 0 aromatic heterocycles.